The van der Waals surface area contributed by atoms with Crippen molar-refractivity contribution in [3.63, 3.8) is 0 Å². The van der Waals surface area contributed by atoms with Crippen LogP contribution in [0.15, 0.2) is 35.0 Å². The maximum atomic E-state index is 13.6. The van der Waals surface area contributed by atoms with E-state index in [-0.39, 0.29) is 29.7 Å². The van der Waals surface area contributed by atoms with E-state index in [9.17, 15) is 9.18 Å². The molecule has 2 N–H and O–H groups in total. The van der Waals surface area contributed by atoms with Crippen molar-refractivity contribution in [1.29, 1.82) is 0 Å². The SMILES string of the molecule is COc1ccc(C(=O)NCC[C@@H](CCO)c2ccsc2)cc1F. The van der Waals surface area contributed by atoms with E-state index in [1.807, 2.05) is 11.4 Å². The first-order valence-electron chi connectivity index (χ1n) is 7.40. The van der Waals surface area contributed by atoms with Crippen LogP contribution in [0.3, 0.4) is 0 Å². The van der Waals surface area contributed by atoms with E-state index in [2.05, 4.69) is 10.7 Å². The summed E-state index contributed by atoms with van der Waals surface area (Å²) in [7, 11) is 1.38. The van der Waals surface area contributed by atoms with Gasteiger partial charge in [-0.25, -0.2) is 4.39 Å². The lowest BCUT2D eigenvalue weighted by atomic mass is 9.95. The van der Waals surface area contributed by atoms with Gasteiger partial charge in [-0.05, 0) is 59.3 Å². The van der Waals surface area contributed by atoms with Gasteiger partial charge in [-0.15, -0.1) is 0 Å². The Morgan fingerprint density at radius 1 is 1.39 bits per heavy atom. The lowest BCUT2D eigenvalue weighted by Crippen LogP contribution is -2.26. The van der Waals surface area contributed by atoms with Crippen molar-refractivity contribution in [3.05, 3.63) is 52.0 Å². The molecule has 4 nitrogen and oxygen atoms in total. The number of halogens is 1. The molecule has 1 aromatic heterocycles. The van der Waals surface area contributed by atoms with Crippen LogP contribution in [0.25, 0.3) is 0 Å². The van der Waals surface area contributed by atoms with E-state index in [0.29, 0.717) is 13.0 Å². The lowest BCUT2D eigenvalue weighted by Gasteiger charge is -2.15. The van der Waals surface area contributed by atoms with Crippen LogP contribution in [-0.2, 0) is 0 Å². The predicted octanol–water partition coefficient (Wildman–Crippen LogP) is 3.18. The number of thiophene rings is 1. The third-order valence-electron chi connectivity index (χ3n) is 3.68. The van der Waals surface area contributed by atoms with Crippen LogP contribution < -0.4 is 10.1 Å². The van der Waals surface area contributed by atoms with Crippen LogP contribution in [0.2, 0.25) is 0 Å². The van der Waals surface area contributed by atoms with Crippen LogP contribution in [0.4, 0.5) is 4.39 Å². The molecule has 0 spiro atoms. The van der Waals surface area contributed by atoms with Gasteiger partial charge in [0, 0.05) is 18.7 Å². The van der Waals surface area contributed by atoms with Gasteiger partial charge in [-0.3, -0.25) is 4.79 Å². The maximum Gasteiger partial charge on any atom is 0.251 e. The largest absolute Gasteiger partial charge is 0.494 e. The molecular weight excluding hydrogens is 317 g/mol. The fourth-order valence-electron chi connectivity index (χ4n) is 2.41. The van der Waals surface area contributed by atoms with E-state index in [4.69, 9.17) is 9.84 Å². The van der Waals surface area contributed by atoms with Crippen LogP contribution in [0.5, 0.6) is 5.75 Å². The summed E-state index contributed by atoms with van der Waals surface area (Å²) in [5, 5.41) is 16.0. The second-order valence-electron chi connectivity index (χ2n) is 5.16. The van der Waals surface area contributed by atoms with E-state index in [1.165, 1.54) is 24.8 Å². The number of aliphatic hydroxyl groups is 1. The molecule has 1 aromatic carbocycles. The average Bonchev–Trinajstić information content (AvgIpc) is 3.08. The molecule has 2 rings (SSSR count). The first-order chi connectivity index (χ1) is 11.2. The van der Waals surface area contributed by atoms with Crippen molar-refractivity contribution >= 4 is 17.2 Å². The molecule has 0 aliphatic heterocycles. The number of rotatable bonds is 8. The lowest BCUT2D eigenvalue weighted by molar-refractivity contribution is 0.0951. The van der Waals surface area contributed by atoms with Crippen molar-refractivity contribution < 1.29 is 19.0 Å². The van der Waals surface area contributed by atoms with E-state index < -0.39 is 5.82 Å². The van der Waals surface area contributed by atoms with Crippen LogP contribution in [0.1, 0.15) is 34.7 Å². The number of amides is 1. The minimum Gasteiger partial charge on any atom is -0.494 e. The summed E-state index contributed by atoms with van der Waals surface area (Å²) in [4.78, 5) is 12.1. The summed E-state index contributed by atoms with van der Waals surface area (Å²) in [6, 6.07) is 6.16. The van der Waals surface area contributed by atoms with Gasteiger partial charge >= 0.3 is 0 Å². The first kappa shape index (κ1) is 17.4. The Kier molecular flexibility index (Phi) is 6.55. The van der Waals surface area contributed by atoms with Crippen molar-refractivity contribution in [2.24, 2.45) is 0 Å². The highest BCUT2D eigenvalue weighted by molar-refractivity contribution is 7.07. The van der Waals surface area contributed by atoms with Gasteiger partial charge in [0.15, 0.2) is 11.6 Å². The molecule has 0 saturated carbocycles. The molecule has 23 heavy (non-hydrogen) atoms. The molecule has 1 amide bonds. The zero-order valence-electron chi connectivity index (χ0n) is 12.9. The van der Waals surface area contributed by atoms with Crippen LogP contribution in [-0.4, -0.2) is 31.3 Å². The molecule has 0 bridgehead atoms. The quantitative estimate of drug-likeness (QED) is 0.778. The summed E-state index contributed by atoms with van der Waals surface area (Å²) in [6.45, 7) is 0.575. The van der Waals surface area contributed by atoms with Crippen molar-refractivity contribution in [1.82, 2.24) is 5.32 Å². The fraction of sp³-hybridized carbons (Fsp3) is 0.353. The highest BCUT2D eigenvalue weighted by Gasteiger charge is 2.13. The van der Waals surface area contributed by atoms with Crippen molar-refractivity contribution in [2.75, 3.05) is 20.3 Å². The highest BCUT2D eigenvalue weighted by Crippen LogP contribution is 2.25. The smallest absolute Gasteiger partial charge is 0.251 e. The monoisotopic (exact) mass is 337 g/mol. The van der Waals surface area contributed by atoms with Gasteiger partial charge in [0.25, 0.3) is 5.91 Å². The molecule has 2 aromatic rings. The zero-order chi connectivity index (χ0) is 16.7. The molecular formula is C17H20FNO3S. The number of ether oxygens (including phenoxy) is 1. The average molecular weight is 337 g/mol. The second kappa shape index (κ2) is 8.64. The third-order valence-corrected chi connectivity index (χ3v) is 4.39. The van der Waals surface area contributed by atoms with E-state index >= 15 is 0 Å². The van der Waals surface area contributed by atoms with E-state index in [1.54, 1.807) is 11.3 Å². The fourth-order valence-corrected chi connectivity index (χ4v) is 3.15. The molecule has 0 unspecified atom stereocenters. The van der Waals surface area contributed by atoms with Gasteiger partial charge in [0.2, 0.25) is 0 Å². The Labute approximate surface area is 138 Å². The molecule has 0 aliphatic rings. The standard InChI is InChI=1S/C17H20FNO3S/c1-22-16-3-2-13(10-15(16)18)17(21)19-7-4-12(5-8-20)14-6-9-23-11-14/h2-3,6,9-12,20H,4-5,7-8H2,1H3,(H,19,21)/t12-/m0/s1. The highest BCUT2D eigenvalue weighted by atomic mass is 32.1. The minimum atomic E-state index is -0.559. The summed E-state index contributed by atoms with van der Waals surface area (Å²) in [5.41, 5.74) is 1.44. The molecule has 0 radical (unpaired) electrons. The number of carbonyl (C=O) groups is 1. The van der Waals surface area contributed by atoms with Crippen molar-refractivity contribution in [2.45, 2.75) is 18.8 Å². The van der Waals surface area contributed by atoms with E-state index in [0.717, 1.165) is 12.5 Å². The Hall–Kier alpha value is -1.92. The number of methoxy groups -OCH3 is 1. The molecule has 0 aliphatic carbocycles. The summed E-state index contributed by atoms with van der Waals surface area (Å²) in [5.74, 6) is -0.558. The van der Waals surface area contributed by atoms with Crippen LogP contribution in [0, 0.1) is 5.82 Å². The third kappa shape index (κ3) is 4.77. The van der Waals surface area contributed by atoms with Gasteiger partial charge in [0.05, 0.1) is 7.11 Å². The van der Waals surface area contributed by atoms with Crippen molar-refractivity contribution in [3.8, 4) is 5.75 Å². The number of aliphatic hydroxyl groups excluding tert-OH is 1. The molecule has 124 valence electrons. The normalized spacial score (nSPS) is 12.0. The summed E-state index contributed by atoms with van der Waals surface area (Å²) in [6.07, 6.45) is 1.38. The topological polar surface area (TPSA) is 58.6 Å². The predicted molar refractivity (Wildman–Crippen MR) is 88.7 cm³/mol. The Morgan fingerprint density at radius 3 is 2.83 bits per heavy atom. The van der Waals surface area contributed by atoms with Crippen LogP contribution >= 0.6 is 11.3 Å². The maximum absolute atomic E-state index is 13.6. The Morgan fingerprint density at radius 2 is 2.22 bits per heavy atom. The number of hydrogen-bond donors (Lipinski definition) is 2. The minimum absolute atomic E-state index is 0.109. The Bertz CT molecular complexity index is 631. The van der Waals surface area contributed by atoms with Gasteiger partial charge in [-0.1, -0.05) is 0 Å². The molecule has 6 heteroatoms. The number of hydrogen-bond acceptors (Lipinski definition) is 4. The second-order valence-corrected chi connectivity index (χ2v) is 5.94. The number of carbonyl (C=O) groups excluding carboxylic acids is 1. The van der Waals surface area contributed by atoms with Gasteiger partial charge in [-0.2, -0.15) is 11.3 Å². The molecule has 0 saturated heterocycles. The molecule has 0 fully saturated rings. The zero-order valence-corrected chi connectivity index (χ0v) is 13.7. The van der Waals surface area contributed by atoms with Gasteiger partial charge in [0.1, 0.15) is 0 Å². The van der Waals surface area contributed by atoms with Gasteiger partial charge < -0.3 is 15.2 Å². The molecule has 1 heterocycles. The summed E-state index contributed by atoms with van der Waals surface area (Å²) >= 11 is 1.61. The molecule has 1 atom stereocenters. The number of benzene rings is 1. The Balaban J connectivity index is 1.89. The first-order valence-corrected chi connectivity index (χ1v) is 8.34. The number of nitrogens with one attached hydrogen (secondary N) is 1. The summed E-state index contributed by atoms with van der Waals surface area (Å²) < 4.78 is 18.4.